The van der Waals surface area contributed by atoms with E-state index in [4.69, 9.17) is 5.26 Å². The van der Waals surface area contributed by atoms with Gasteiger partial charge in [0.25, 0.3) is 0 Å². The largest absolute Gasteiger partial charge is 0.265 e. The van der Waals surface area contributed by atoms with Crippen LogP contribution < -0.4 is 0 Å². The summed E-state index contributed by atoms with van der Waals surface area (Å²) in [6, 6.07) is 5.44. The Labute approximate surface area is 102 Å². The maximum absolute atomic E-state index is 11.9. The molecular formula is C11H15N3O2S. The molecule has 6 heteroatoms. The van der Waals surface area contributed by atoms with Gasteiger partial charge in [0.1, 0.15) is 6.54 Å². The Hall–Kier alpha value is -1.45. The zero-order chi connectivity index (χ0) is 12.7. The van der Waals surface area contributed by atoms with Crippen molar-refractivity contribution < 1.29 is 8.42 Å². The lowest BCUT2D eigenvalue weighted by Gasteiger charge is -2.16. The lowest BCUT2D eigenvalue weighted by molar-refractivity contribution is 0.462. The van der Waals surface area contributed by atoms with Crippen LogP contribution in [0, 0.1) is 11.3 Å². The first-order valence-electron chi connectivity index (χ1n) is 5.34. The summed E-state index contributed by atoms with van der Waals surface area (Å²) in [5.41, 5.74) is 0.927. The normalized spacial score (nSPS) is 11.4. The molecule has 0 spiro atoms. The molecule has 17 heavy (non-hydrogen) atoms. The van der Waals surface area contributed by atoms with Gasteiger partial charge < -0.3 is 0 Å². The van der Waals surface area contributed by atoms with Crippen molar-refractivity contribution in [1.82, 2.24) is 9.29 Å². The van der Waals surface area contributed by atoms with E-state index in [1.807, 2.05) is 6.07 Å². The third-order valence-corrected chi connectivity index (χ3v) is 4.29. The molecule has 0 radical (unpaired) electrons. The Kier molecular flexibility index (Phi) is 5.07. The highest BCUT2D eigenvalue weighted by Gasteiger charge is 2.19. The molecule has 0 aromatic carbocycles. The van der Waals surface area contributed by atoms with Gasteiger partial charge >= 0.3 is 0 Å². The first-order valence-corrected chi connectivity index (χ1v) is 6.94. The summed E-state index contributed by atoms with van der Waals surface area (Å²) in [5, 5.41) is 8.55. The second-order valence-corrected chi connectivity index (χ2v) is 5.59. The summed E-state index contributed by atoms with van der Waals surface area (Å²) < 4.78 is 25.0. The van der Waals surface area contributed by atoms with Crippen LogP contribution in [0.5, 0.6) is 0 Å². The van der Waals surface area contributed by atoms with Crippen molar-refractivity contribution in [3.63, 3.8) is 0 Å². The van der Waals surface area contributed by atoms with E-state index < -0.39 is 10.0 Å². The zero-order valence-corrected chi connectivity index (χ0v) is 10.5. The number of sulfonamides is 1. The molecule has 0 aliphatic rings. The van der Waals surface area contributed by atoms with Gasteiger partial charge in [-0.1, -0.05) is 6.92 Å². The first kappa shape index (κ1) is 13.6. The minimum Gasteiger partial charge on any atom is -0.265 e. The standard InChI is InChI=1S/C11H15N3O2S/c1-2-14(9-6-12)17(15,16)10-5-11-3-7-13-8-4-11/h3-4,7-8H,2,5,9-10H2,1H3. The van der Waals surface area contributed by atoms with E-state index in [-0.39, 0.29) is 12.3 Å². The second-order valence-electron chi connectivity index (χ2n) is 3.51. The van der Waals surface area contributed by atoms with E-state index in [0.29, 0.717) is 13.0 Å². The molecule has 0 atom stereocenters. The summed E-state index contributed by atoms with van der Waals surface area (Å²) in [6.45, 7) is 1.96. The van der Waals surface area contributed by atoms with Crippen LogP contribution in [0.2, 0.25) is 0 Å². The Morgan fingerprint density at radius 1 is 1.41 bits per heavy atom. The van der Waals surface area contributed by atoms with E-state index in [1.54, 1.807) is 31.5 Å². The number of aromatic nitrogens is 1. The van der Waals surface area contributed by atoms with Gasteiger partial charge in [-0.05, 0) is 24.1 Å². The molecule has 0 saturated heterocycles. The number of rotatable bonds is 6. The quantitative estimate of drug-likeness (QED) is 0.703. The molecule has 0 saturated carbocycles. The van der Waals surface area contributed by atoms with Crippen LogP contribution in [-0.2, 0) is 16.4 Å². The predicted molar refractivity (Wildman–Crippen MR) is 64.6 cm³/mol. The molecule has 0 N–H and O–H groups in total. The van der Waals surface area contributed by atoms with E-state index in [1.165, 1.54) is 4.31 Å². The van der Waals surface area contributed by atoms with Gasteiger partial charge in [0.15, 0.2) is 0 Å². The van der Waals surface area contributed by atoms with Crippen LogP contribution >= 0.6 is 0 Å². The SMILES string of the molecule is CCN(CC#N)S(=O)(=O)CCc1ccncc1. The summed E-state index contributed by atoms with van der Waals surface area (Å²) in [5.74, 6) is 0.0204. The molecule has 5 nitrogen and oxygen atoms in total. The van der Waals surface area contributed by atoms with E-state index in [9.17, 15) is 8.42 Å². The maximum atomic E-state index is 11.9. The number of aryl methyl sites for hydroxylation is 1. The average molecular weight is 253 g/mol. The fourth-order valence-electron chi connectivity index (χ4n) is 1.41. The lowest BCUT2D eigenvalue weighted by atomic mass is 10.2. The molecule has 0 bridgehead atoms. The fraction of sp³-hybridized carbons (Fsp3) is 0.455. The van der Waals surface area contributed by atoms with Crippen molar-refractivity contribution in [2.75, 3.05) is 18.8 Å². The minimum atomic E-state index is -3.34. The number of nitrogens with zero attached hydrogens (tertiary/aromatic N) is 3. The molecule has 1 aromatic heterocycles. The number of hydrogen-bond acceptors (Lipinski definition) is 4. The predicted octanol–water partition coefficient (Wildman–Crippen LogP) is 0.799. The van der Waals surface area contributed by atoms with Gasteiger partial charge in [-0.3, -0.25) is 4.98 Å². The fourth-order valence-corrected chi connectivity index (χ4v) is 2.81. The van der Waals surface area contributed by atoms with Gasteiger partial charge in [0, 0.05) is 18.9 Å². The second kappa shape index (κ2) is 6.33. The Balaban J connectivity index is 2.64. The van der Waals surface area contributed by atoms with E-state index >= 15 is 0 Å². The zero-order valence-electron chi connectivity index (χ0n) is 9.70. The third kappa shape index (κ3) is 4.13. The molecule has 1 aromatic rings. The van der Waals surface area contributed by atoms with Gasteiger partial charge in [-0.2, -0.15) is 9.57 Å². The van der Waals surface area contributed by atoms with Crippen molar-refractivity contribution in [1.29, 1.82) is 5.26 Å². The van der Waals surface area contributed by atoms with Crippen LogP contribution in [-0.4, -0.2) is 36.5 Å². The summed E-state index contributed by atoms with van der Waals surface area (Å²) in [4.78, 5) is 3.87. The highest BCUT2D eigenvalue weighted by Crippen LogP contribution is 2.05. The molecule has 92 valence electrons. The third-order valence-electron chi connectivity index (χ3n) is 2.39. The topological polar surface area (TPSA) is 74.1 Å². The van der Waals surface area contributed by atoms with Crippen molar-refractivity contribution in [2.24, 2.45) is 0 Å². The monoisotopic (exact) mass is 253 g/mol. The van der Waals surface area contributed by atoms with Crippen LogP contribution in [0.4, 0.5) is 0 Å². The molecule has 0 aliphatic carbocycles. The van der Waals surface area contributed by atoms with Crippen LogP contribution in [0.25, 0.3) is 0 Å². The summed E-state index contributed by atoms with van der Waals surface area (Å²) in [6.07, 6.45) is 3.70. The van der Waals surface area contributed by atoms with Crippen molar-refractivity contribution in [3.8, 4) is 6.07 Å². The smallest absolute Gasteiger partial charge is 0.215 e. The van der Waals surface area contributed by atoms with Crippen LogP contribution in [0.1, 0.15) is 12.5 Å². The minimum absolute atomic E-state index is 0.0204. The van der Waals surface area contributed by atoms with Gasteiger partial charge in [-0.25, -0.2) is 8.42 Å². The van der Waals surface area contributed by atoms with Gasteiger partial charge in [0.05, 0.1) is 11.8 Å². The Bertz CT molecular complexity index is 479. The van der Waals surface area contributed by atoms with E-state index in [2.05, 4.69) is 4.98 Å². The Morgan fingerprint density at radius 2 is 2.06 bits per heavy atom. The highest BCUT2D eigenvalue weighted by atomic mass is 32.2. The first-order chi connectivity index (χ1) is 8.10. The number of hydrogen-bond donors (Lipinski definition) is 0. The molecule has 1 heterocycles. The van der Waals surface area contributed by atoms with Crippen molar-refractivity contribution in [3.05, 3.63) is 30.1 Å². The van der Waals surface area contributed by atoms with Crippen LogP contribution in [0.15, 0.2) is 24.5 Å². The molecule has 0 unspecified atom stereocenters. The molecular weight excluding hydrogens is 238 g/mol. The average Bonchev–Trinajstić information content (AvgIpc) is 2.34. The van der Waals surface area contributed by atoms with Gasteiger partial charge in [-0.15, -0.1) is 0 Å². The maximum Gasteiger partial charge on any atom is 0.215 e. The molecule has 0 fully saturated rings. The summed E-state index contributed by atoms with van der Waals surface area (Å²) in [7, 11) is -3.34. The number of pyridine rings is 1. The molecule has 0 amide bonds. The van der Waals surface area contributed by atoms with E-state index in [0.717, 1.165) is 5.56 Å². The van der Waals surface area contributed by atoms with Gasteiger partial charge in [0.2, 0.25) is 10.0 Å². The van der Waals surface area contributed by atoms with Crippen LogP contribution in [0.3, 0.4) is 0 Å². The van der Waals surface area contributed by atoms with Crippen molar-refractivity contribution >= 4 is 10.0 Å². The molecule has 0 aliphatic heterocycles. The Morgan fingerprint density at radius 3 is 2.59 bits per heavy atom. The molecule has 1 rings (SSSR count). The summed E-state index contributed by atoms with van der Waals surface area (Å²) >= 11 is 0. The van der Waals surface area contributed by atoms with Crippen molar-refractivity contribution in [2.45, 2.75) is 13.3 Å². The highest BCUT2D eigenvalue weighted by molar-refractivity contribution is 7.89. The lowest BCUT2D eigenvalue weighted by Crippen LogP contribution is -2.33. The number of nitriles is 1.